The van der Waals surface area contributed by atoms with Crippen LogP contribution in [0.5, 0.6) is 5.75 Å². The van der Waals surface area contributed by atoms with Gasteiger partial charge in [0, 0.05) is 15.8 Å². The average Bonchev–Trinajstić information content (AvgIpc) is 3.15. The van der Waals surface area contributed by atoms with Crippen LogP contribution in [-0.4, -0.2) is 35.2 Å². The maximum absolute atomic E-state index is 13.7. The number of benzene rings is 2. The first-order chi connectivity index (χ1) is 20.3. The number of hydrogen-bond donors (Lipinski definition) is 2. The summed E-state index contributed by atoms with van der Waals surface area (Å²) in [5, 5.41) is 7.42. The van der Waals surface area contributed by atoms with E-state index in [2.05, 4.69) is 24.5 Å². The highest BCUT2D eigenvalue weighted by Gasteiger charge is 2.26. The Morgan fingerprint density at radius 2 is 1.86 bits per heavy atom. The quantitative estimate of drug-likeness (QED) is 0.122. The van der Waals surface area contributed by atoms with Gasteiger partial charge < -0.3 is 14.8 Å². The number of carbonyl (C=O) groups is 2. The topological polar surface area (TPSA) is 89.6 Å². The largest absolute Gasteiger partial charge is 0.493 e. The summed E-state index contributed by atoms with van der Waals surface area (Å²) >= 11 is 7.10. The van der Waals surface area contributed by atoms with Crippen molar-refractivity contribution in [2.75, 3.05) is 18.5 Å². The van der Waals surface area contributed by atoms with Crippen LogP contribution in [0.15, 0.2) is 54.6 Å². The SMILES string of the molecule is CCOC(=O)c1c(NC(=S)NC(=O)c2cc(-c3cccc(OCC(C)C)c3)nc3ccccc23)sc2c1CCCCC2. The molecular formula is C33H35N3O4S2. The summed E-state index contributed by atoms with van der Waals surface area (Å²) in [6, 6.07) is 17.0. The first-order valence-electron chi connectivity index (χ1n) is 14.4. The zero-order chi connectivity index (χ0) is 29.6. The number of nitrogens with zero attached hydrogens (tertiary/aromatic N) is 1. The van der Waals surface area contributed by atoms with E-state index >= 15 is 0 Å². The molecule has 0 radical (unpaired) electrons. The minimum absolute atomic E-state index is 0.119. The molecule has 4 aromatic rings. The zero-order valence-corrected chi connectivity index (χ0v) is 25.8. The lowest BCUT2D eigenvalue weighted by Gasteiger charge is -2.14. The summed E-state index contributed by atoms with van der Waals surface area (Å²) in [6.45, 7) is 6.89. The molecule has 0 unspecified atom stereocenters. The number of fused-ring (bicyclic) bond motifs is 2. The molecule has 0 saturated carbocycles. The maximum atomic E-state index is 13.7. The molecule has 2 heterocycles. The van der Waals surface area contributed by atoms with E-state index in [0.29, 0.717) is 45.2 Å². The maximum Gasteiger partial charge on any atom is 0.341 e. The van der Waals surface area contributed by atoms with Crippen LogP contribution in [0.3, 0.4) is 0 Å². The molecule has 2 aromatic heterocycles. The summed E-state index contributed by atoms with van der Waals surface area (Å²) < 4.78 is 11.3. The number of esters is 1. The van der Waals surface area contributed by atoms with Crippen LogP contribution in [0.2, 0.25) is 0 Å². The summed E-state index contributed by atoms with van der Waals surface area (Å²) in [4.78, 5) is 32.6. The number of rotatable bonds is 8. The Morgan fingerprint density at radius 3 is 2.67 bits per heavy atom. The van der Waals surface area contributed by atoms with Gasteiger partial charge in [-0.15, -0.1) is 11.3 Å². The van der Waals surface area contributed by atoms with E-state index in [-0.39, 0.29) is 23.6 Å². The molecule has 0 aliphatic heterocycles. The van der Waals surface area contributed by atoms with Crippen molar-refractivity contribution in [3.63, 3.8) is 0 Å². The molecule has 7 nitrogen and oxygen atoms in total. The predicted octanol–water partition coefficient (Wildman–Crippen LogP) is 7.57. The molecule has 2 aromatic carbocycles. The van der Waals surface area contributed by atoms with Crippen molar-refractivity contribution in [2.45, 2.75) is 52.9 Å². The van der Waals surface area contributed by atoms with Crippen molar-refractivity contribution in [1.29, 1.82) is 0 Å². The van der Waals surface area contributed by atoms with Crippen molar-refractivity contribution < 1.29 is 19.1 Å². The van der Waals surface area contributed by atoms with Crippen molar-refractivity contribution in [3.05, 3.63) is 76.2 Å². The third-order valence-corrected chi connectivity index (χ3v) is 8.44. The van der Waals surface area contributed by atoms with E-state index in [1.54, 1.807) is 13.0 Å². The van der Waals surface area contributed by atoms with Gasteiger partial charge in [0.2, 0.25) is 0 Å². The first kappa shape index (κ1) is 29.7. The minimum Gasteiger partial charge on any atom is -0.493 e. The Bertz CT molecular complexity index is 1630. The number of amides is 1. The Balaban J connectivity index is 1.42. The van der Waals surface area contributed by atoms with Crippen molar-refractivity contribution >= 4 is 56.4 Å². The van der Waals surface area contributed by atoms with E-state index in [1.165, 1.54) is 16.2 Å². The van der Waals surface area contributed by atoms with Gasteiger partial charge in [-0.3, -0.25) is 10.1 Å². The van der Waals surface area contributed by atoms with Crippen LogP contribution in [0, 0.1) is 5.92 Å². The highest BCUT2D eigenvalue weighted by Crippen LogP contribution is 2.38. The van der Waals surface area contributed by atoms with Crippen molar-refractivity contribution in [1.82, 2.24) is 10.3 Å². The number of aromatic nitrogens is 1. The molecule has 1 aliphatic rings. The number of ether oxygens (including phenoxy) is 2. The number of pyridine rings is 1. The Kier molecular flexibility index (Phi) is 9.49. The lowest BCUT2D eigenvalue weighted by Crippen LogP contribution is -2.34. The molecule has 0 fully saturated rings. The Morgan fingerprint density at radius 1 is 1.05 bits per heavy atom. The van der Waals surface area contributed by atoms with Crippen LogP contribution >= 0.6 is 23.6 Å². The van der Waals surface area contributed by atoms with E-state index in [4.69, 9.17) is 26.7 Å². The zero-order valence-electron chi connectivity index (χ0n) is 24.1. The number of hydrogen-bond acceptors (Lipinski definition) is 7. The number of thiocarbonyl (C=S) groups is 1. The van der Waals surface area contributed by atoms with Gasteiger partial charge in [-0.05, 0) is 80.6 Å². The number of carbonyl (C=O) groups excluding carboxylic acids is 2. The van der Waals surface area contributed by atoms with E-state index in [1.807, 2.05) is 48.5 Å². The number of aryl methyl sites for hydroxylation is 1. The van der Waals surface area contributed by atoms with Gasteiger partial charge >= 0.3 is 5.97 Å². The normalized spacial score (nSPS) is 12.9. The van der Waals surface area contributed by atoms with Crippen LogP contribution in [0.4, 0.5) is 5.00 Å². The molecule has 1 amide bonds. The predicted molar refractivity (Wildman–Crippen MR) is 173 cm³/mol. The molecule has 42 heavy (non-hydrogen) atoms. The lowest BCUT2D eigenvalue weighted by molar-refractivity contribution is 0.0526. The Hall–Kier alpha value is -3.82. The first-order valence-corrected chi connectivity index (χ1v) is 15.6. The molecule has 218 valence electrons. The Labute approximate surface area is 255 Å². The lowest BCUT2D eigenvalue weighted by atomic mass is 10.0. The third kappa shape index (κ3) is 6.79. The molecule has 2 N–H and O–H groups in total. The number of para-hydroxylation sites is 1. The second-order valence-corrected chi connectivity index (χ2v) is 12.2. The summed E-state index contributed by atoms with van der Waals surface area (Å²) in [5.41, 5.74) is 4.21. The second kappa shape index (κ2) is 13.4. The summed E-state index contributed by atoms with van der Waals surface area (Å²) in [6.07, 6.45) is 5.00. The van der Waals surface area contributed by atoms with Crippen LogP contribution < -0.4 is 15.4 Å². The van der Waals surface area contributed by atoms with Gasteiger partial charge in [-0.1, -0.05) is 50.6 Å². The number of nitrogens with one attached hydrogen (secondary N) is 2. The molecule has 0 spiro atoms. The highest BCUT2D eigenvalue weighted by atomic mass is 32.1. The fraction of sp³-hybridized carbons (Fsp3) is 0.333. The van der Waals surface area contributed by atoms with Gasteiger partial charge in [0.05, 0.1) is 35.6 Å². The van der Waals surface area contributed by atoms with Crippen LogP contribution in [-0.2, 0) is 17.6 Å². The average molecular weight is 602 g/mol. The monoisotopic (exact) mass is 601 g/mol. The van der Waals surface area contributed by atoms with Gasteiger partial charge in [-0.2, -0.15) is 0 Å². The number of thiophene rings is 1. The van der Waals surface area contributed by atoms with Crippen LogP contribution in [0.1, 0.15) is 71.2 Å². The molecule has 5 rings (SSSR count). The highest BCUT2D eigenvalue weighted by molar-refractivity contribution is 7.80. The smallest absolute Gasteiger partial charge is 0.341 e. The van der Waals surface area contributed by atoms with Gasteiger partial charge in [-0.25, -0.2) is 9.78 Å². The second-order valence-electron chi connectivity index (χ2n) is 10.7. The summed E-state index contributed by atoms with van der Waals surface area (Å²) in [7, 11) is 0. The van der Waals surface area contributed by atoms with Gasteiger partial charge in [0.15, 0.2) is 5.11 Å². The fourth-order valence-electron chi connectivity index (χ4n) is 5.07. The van der Waals surface area contributed by atoms with Crippen LogP contribution in [0.25, 0.3) is 22.2 Å². The third-order valence-electron chi connectivity index (χ3n) is 7.03. The van der Waals surface area contributed by atoms with E-state index in [0.717, 1.165) is 49.0 Å². The number of anilines is 1. The van der Waals surface area contributed by atoms with Gasteiger partial charge in [0.1, 0.15) is 10.8 Å². The van der Waals surface area contributed by atoms with E-state index in [9.17, 15) is 9.59 Å². The van der Waals surface area contributed by atoms with E-state index < -0.39 is 0 Å². The molecule has 1 aliphatic carbocycles. The van der Waals surface area contributed by atoms with Crippen molar-refractivity contribution in [3.8, 4) is 17.0 Å². The molecule has 0 atom stereocenters. The van der Waals surface area contributed by atoms with Gasteiger partial charge in [0.25, 0.3) is 5.91 Å². The summed E-state index contributed by atoms with van der Waals surface area (Å²) in [5.74, 6) is 0.422. The molecule has 0 bridgehead atoms. The molecule has 9 heteroatoms. The fourth-order valence-corrected chi connectivity index (χ4v) is 6.62. The standard InChI is InChI=1S/C33H35N3O4S2/c1-4-39-32(38)29-24-14-6-5-7-16-28(24)42-31(29)36-33(41)35-30(37)25-18-27(34-26-15-9-8-13-23(25)26)21-11-10-12-22(17-21)40-19-20(2)3/h8-13,15,17-18,20H,4-7,14,16,19H2,1-3H3,(H2,35,36,37,41). The molecular weight excluding hydrogens is 567 g/mol. The molecule has 0 saturated heterocycles. The van der Waals surface area contributed by atoms with Crippen molar-refractivity contribution in [2.24, 2.45) is 5.92 Å². The minimum atomic E-state index is -0.365.